The number of hydrogen-bond donors (Lipinski definition) is 1. The predicted molar refractivity (Wildman–Crippen MR) is 115 cm³/mol. The van der Waals surface area contributed by atoms with Crippen molar-refractivity contribution in [3.63, 3.8) is 0 Å². The molecule has 0 bridgehead atoms. The minimum atomic E-state index is 0.761. The molecule has 5 nitrogen and oxygen atoms in total. The molecule has 0 radical (unpaired) electrons. The summed E-state index contributed by atoms with van der Waals surface area (Å²) in [7, 11) is 1.66. The number of rotatable bonds is 8. The van der Waals surface area contributed by atoms with Crippen LogP contribution < -0.4 is 15.1 Å². The van der Waals surface area contributed by atoms with Crippen LogP contribution >= 0.6 is 11.3 Å². The van der Waals surface area contributed by atoms with Gasteiger partial charge in [0.15, 0.2) is 0 Å². The number of methoxy groups -OCH3 is 1. The predicted octanol–water partition coefficient (Wildman–Crippen LogP) is 5.11. The number of hydrogen-bond acceptors (Lipinski definition) is 6. The molecule has 0 saturated heterocycles. The largest absolute Gasteiger partial charge is 0.497 e. The van der Waals surface area contributed by atoms with E-state index >= 15 is 0 Å². The van der Waals surface area contributed by atoms with Crippen molar-refractivity contribution < 1.29 is 4.74 Å². The summed E-state index contributed by atoms with van der Waals surface area (Å²) >= 11 is 1.53. The fourth-order valence-corrected chi connectivity index (χ4v) is 3.41. The molecule has 2 aromatic carbocycles. The van der Waals surface area contributed by atoms with Crippen LogP contribution in [-0.2, 0) is 0 Å². The summed E-state index contributed by atoms with van der Waals surface area (Å²) in [6.07, 6.45) is 1.81. The first kappa shape index (κ1) is 18.9. The molecule has 27 heavy (non-hydrogen) atoms. The van der Waals surface area contributed by atoms with Gasteiger partial charge in [-0.15, -0.1) is 11.3 Å². The monoisotopic (exact) mass is 380 g/mol. The molecule has 0 amide bonds. The molecule has 6 heteroatoms. The van der Waals surface area contributed by atoms with Crippen LogP contribution in [0.4, 0.5) is 10.8 Å². The first-order valence-electron chi connectivity index (χ1n) is 8.97. The Labute approximate surface area is 164 Å². The molecule has 3 aromatic rings. The normalized spacial score (nSPS) is 10.9. The van der Waals surface area contributed by atoms with Crippen LogP contribution in [0.5, 0.6) is 5.75 Å². The summed E-state index contributed by atoms with van der Waals surface area (Å²) in [6.45, 7) is 6.34. The number of thiazole rings is 1. The van der Waals surface area contributed by atoms with E-state index in [9.17, 15) is 0 Å². The minimum absolute atomic E-state index is 0.761. The Morgan fingerprint density at radius 1 is 1.07 bits per heavy atom. The van der Waals surface area contributed by atoms with E-state index in [4.69, 9.17) is 4.74 Å². The van der Waals surface area contributed by atoms with Gasteiger partial charge in [0, 0.05) is 29.7 Å². The molecular weight excluding hydrogens is 356 g/mol. The van der Waals surface area contributed by atoms with E-state index < -0.39 is 0 Å². The van der Waals surface area contributed by atoms with Crippen molar-refractivity contribution in [2.24, 2.45) is 5.10 Å². The topological polar surface area (TPSA) is 49.8 Å². The minimum Gasteiger partial charge on any atom is -0.497 e. The van der Waals surface area contributed by atoms with Gasteiger partial charge in [-0.1, -0.05) is 12.1 Å². The first-order valence-corrected chi connectivity index (χ1v) is 9.85. The third-order valence-electron chi connectivity index (χ3n) is 4.29. The van der Waals surface area contributed by atoms with Crippen molar-refractivity contribution in [3.8, 4) is 17.0 Å². The first-order chi connectivity index (χ1) is 13.2. The van der Waals surface area contributed by atoms with Crippen LogP contribution in [0.1, 0.15) is 19.4 Å². The van der Waals surface area contributed by atoms with Gasteiger partial charge in [0.05, 0.1) is 19.0 Å². The molecule has 0 aliphatic rings. The molecule has 140 valence electrons. The van der Waals surface area contributed by atoms with Crippen LogP contribution in [0.3, 0.4) is 0 Å². The van der Waals surface area contributed by atoms with Gasteiger partial charge in [0.25, 0.3) is 0 Å². The second-order valence-corrected chi connectivity index (χ2v) is 6.76. The fraction of sp³-hybridized carbons (Fsp3) is 0.238. The molecule has 0 unspecified atom stereocenters. The number of ether oxygens (including phenoxy) is 1. The lowest BCUT2D eigenvalue weighted by atomic mass is 10.2. The van der Waals surface area contributed by atoms with Gasteiger partial charge < -0.3 is 9.64 Å². The highest BCUT2D eigenvalue weighted by Crippen LogP contribution is 2.26. The van der Waals surface area contributed by atoms with Gasteiger partial charge in [-0.25, -0.2) is 4.98 Å². The van der Waals surface area contributed by atoms with Crippen LogP contribution in [0.25, 0.3) is 11.3 Å². The Morgan fingerprint density at radius 3 is 2.41 bits per heavy atom. The fourth-order valence-electron chi connectivity index (χ4n) is 2.74. The molecule has 1 N–H and O–H groups in total. The van der Waals surface area contributed by atoms with E-state index in [0.29, 0.717) is 0 Å². The Kier molecular flexibility index (Phi) is 6.44. The van der Waals surface area contributed by atoms with Crippen LogP contribution in [-0.4, -0.2) is 31.4 Å². The van der Waals surface area contributed by atoms with Crippen molar-refractivity contribution in [2.45, 2.75) is 13.8 Å². The maximum atomic E-state index is 5.19. The Bertz CT molecular complexity index is 868. The van der Waals surface area contributed by atoms with Crippen LogP contribution in [0.2, 0.25) is 0 Å². The van der Waals surface area contributed by atoms with Crippen molar-refractivity contribution in [2.75, 3.05) is 30.5 Å². The summed E-state index contributed by atoms with van der Waals surface area (Å²) in [6, 6.07) is 16.3. The maximum Gasteiger partial charge on any atom is 0.203 e. The SMILES string of the molecule is CCN(CC)c1ccc(C=NNc2nc(-c3ccc(OC)cc3)cs2)cc1. The van der Waals surface area contributed by atoms with Gasteiger partial charge in [0.2, 0.25) is 5.13 Å². The zero-order valence-corrected chi connectivity index (χ0v) is 16.7. The maximum absolute atomic E-state index is 5.19. The average Bonchev–Trinajstić information content (AvgIpc) is 3.19. The van der Waals surface area contributed by atoms with Crippen molar-refractivity contribution in [3.05, 3.63) is 59.5 Å². The zero-order valence-electron chi connectivity index (χ0n) is 15.8. The molecule has 1 aromatic heterocycles. The second kappa shape index (κ2) is 9.19. The van der Waals surface area contributed by atoms with E-state index in [-0.39, 0.29) is 0 Å². The van der Waals surface area contributed by atoms with Gasteiger partial charge in [0.1, 0.15) is 5.75 Å². The average molecular weight is 381 g/mol. The van der Waals surface area contributed by atoms with Crippen LogP contribution in [0, 0.1) is 0 Å². The highest BCUT2D eigenvalue weighted by Gasteiger charge is 2.04. The molecule has 1 heterocycles. The Morgan fingerprint density at radius 2 is 1.78 bits per heavy atom. The third kappa shape index (κ3) is 4.86. The van der Waals surface area contributed by atoms with Gasteiger partial charge in [-0.3, -0.25) is 5.43 Å². The molecule has 0 saturated carbocycles. The molecule has 0 atom stereocenters. The van der Waals surface area contributed by atoms with Crippen LogP contribution in [0.15, 0.2) is 59.0 Å². The van der Waals surface area contributed by atoms with E-state index in [0.717, 1.165) is 40.8 Å². The van der Waals surface area contributed by atoms with Crippen molar-refractivity contribution in [1.82, 2.24) is 4.98 Å². The highest BCUT2D eigenvalue weighted by atomic mass is 32.1. The lowest BCUT2D eigenvalue weighted by Crippen LogP contribution is -2.21. The number of anilines is 2. The van der Waals surface area contributed by atoms with E-state index in [1.807, 2.05) is 29.6 Å². The summed E-state index contributed by atoms with van der Waals surface area (Å²) in [4.78, 5) is 6.89. The molecule has 0 fully saturated rings. The number of benzene rings is 2. The van der Waals surface area contributed by atoms with E-state index in [1.54, 1.807) is 13.3 Å². The van der Waals surface area contributed by atoms with Gasteiger partial charge in [-0.2, -0.15) is 5.10 Å². The summed E-state index contributed by atoms with van der Waals surface area (Å²) in [5.41, 5.74) is 7.26. The quantitative estimate of drug-likeness (QED) is 0.436. The smallest absolute Gasteiger partial charge is 0.203 e. The zero-order chi connectivity index (χ0) is 19.1. The summed E-state index contributed by atoms with van der Waals surface area (Å²) in [5.74, 6) is 0.837. The molecule has 0 spiro atoms. The molecule has 0 aliphatic heterocycles. The van der Waals surface area contributed by atoms with Gasteiger partial charge >= 0.3 is 0 Å². The lowest BCUT2D eigenvalue weighted by molar-refractivity contribution is 0.415. The molecule has 0 aliphatic carbocycles. The van der Waals surface area contributed by atoms with Crippen molar-refractivity contribution in [1.29, 1.82) is 0 Å². The van der Waals surface area contributed by atoms with Gasteiger partial charge in [-0.05, 0) is 55.8 Å². The Balaban J connectivity index is 1.60. The number of hydrazone groups is 1. The number of nitrogens with one attached hydrogen (secondary N) is 1. The summed E-state index contributed by atoms with van der Waals surface area (Å²) < 4.78 is 5.19. The second-order valence-electron chi connectivity index (χ2n) is 5.90. The van der Waals surface area contributed by atoms with E-state index in [1.165, 1.54) is 17.0 Å². The number of aromatic nitrogens is 1. The Hall–Kier alpha value is -2.86. The van der Waals surface area contributed by atoms with E-state index in [2.05, 4.69) is 58.5 Å². The molecular formula is C21H24N4OS. The van der Waals surface area contributed by atoms with Crippen molar-refractivity contribution >= 4 is 28.4 Å². The highest BCUT2D eigenvalue weighted by molar-refractivity contribution is 7.14. The number of nitrogens with zero attached hydrogens (tertiary/aromatic N) is 3. The standard InChI is InChI=1S/C21H24N4OS/c1-4-25(5-2)18-10-6-16(7-11-18)14-22-24-21-23-20(15-27-21)17-8-12-19(26-3)13-9-17/h6-15H,4-5H2,1-3H3,(H,23,24). The third-order valence-corrected chi connectivity index (χ3v) is 5.03. The molecule has 3 rings (SSSR count). The summed E-state index contributed by atoms with van der Waals surface area (Å²) in [5, 5.41) is 7.07. The lowest BCUT2D eigenvalue weighted by Gasteiger charge is -2.20.